The van der Waals surface area contributed by atoms with Gasteiger partial charge in [-0.15, -0.1) is 0 Å². The molecule has 0 saturated heterocycles. The summed E-state index contributed by atoms with van der Waals surface area (Å²) in [5.41, 5.74) is 1.26. The summed E-state index contributed by atoms with van der Waals surface area (Å²) in [7, 11) is 1.68. The number of para-hydroxylation sites is 1. The minimum atomic E-state index is 0.358. The molecule has 94 valence electrons. The highest BCUT2D eigenvalue weighted by molar-refractivity contribution is 5.29. The molecule has 0 spiro atoms. The molecule has 2 rings (SSSR count). The van der Waals surface area contributed by atoms with Crippen LogP contribution in [0.5, 0.6) is 11.5 Å². The van der Waals surface area contributed by atoms with E-state index in [-0.39, 0.29) is 0 Å². The summed E-state index contributed by atoms with van der Waals surface area (Å²) in [6.45, 7) is 2.83. The van der Waals surface area contributed by atoms with Gasteiger partial charge in [0.1, 0.15) is 11.5 Å². The molecule has 0 aliphatic rings. The quantitative estimate of drug-likeness (QED) is 0.792. The highest BCUT2D eigenvalue weighted by Crippen LogP contribution is 2.20. The van der Waals surface area contributed by atoms with Gasteiger partial charge in [0.05, 0.1) is 13.7 Å². The average molecular weight is 242 g/mol. The Bertz CT molecular complexity index is 462. The molecule has 2 heteroatoms. The van der Waals surface area contributed by atoms with E-state index in [1.165, 1.54) is 5.56 Å². The maximum Gasteiger partial charge on any atom is 0.119 e. The van der Waals surface area contributed by atoms with Crippen LogP contribution in [0.15, 0.2) is 54.6 Å². The van der Waals surface area contributed by atoms with E-state index in [1.54, 1.807) is 7.11 Å². The van der Waals surface area contributed by atoms with Crippen LogP contribution in [0, 0.1) is 0 Å². The van der Waals surface area contributed by atoms with Crippen LogP contribution >= 0.6 is 0 Å². The van der Waals surface area contributed by atoms with Gasteiger partial charge in [-0.05, 0) is 29.8 Å². The van der Waals surface area contributed by atoms with E-state index in [0.717, 1.165) is 11.5 Å². The van der Waals surface area contributed by atoms with Crippen molar-refractivity contribution in [1.82, 2.24) is 0 Å². The van der Waals surface area contributed by atoms with Crippen molar-refractivity contribution in [2.45, 2.75) is 12.8 Å². The first-order valence-electron chi connectivity index (χ1n) is 6.11. The van der Waals surface area contributed by atoms with Crippen LogP contribution in [0.1, 0.15) is 18.4 Å². The molecule has 2 aromatic carbocycles. The van der Waals surface area contributed by atoms with Gasteiger partial charge in [0.2, 0.25) is 0 Å². The van der Waals surface area contributed by atoms with Crippen molar-refractivity contribution in [3.8, 4) is 11.5 Å². The number of hydrogen-bond donors (Lipinski definition) is 0. The zero-order valence-electron chi connectivity index (χ0n) is 10.8. The fourth-order valence-corrected chi connectivity index (χ4v) is 1.77. The Hall–Kier alpha value is -1.96. The molecule has 1 unspecified atom stereocenters. The predicted molar refractivity (Wildman–Crippen MR) is 73.3 cm³/mol. The van der Waals surface area contributed by atoms with Crippen LogP contribution in [0.4, 0.5) is 0 Å². The number of hydrogen-bond acceptors (Lipinski definition) is 2. The lowest BCUT2D eigenvalue weighted by atomic mass is 10.0. The van der Waals surface area contributed by atoms with Crippen LogP contribution in [-0.4, -0.2) is 13.7 Å². The lowest BCUT2D eigenvalue weighted by Crippen LogP contribution is -2.06. The zero-order chi connectivity index (χ0) is 12.8. The van der Waals surface area contributed by atoms with Gasteiger partial charge in [-0.25, -0.2) is 0 Å². The molecule has 0 radical (unpaired) electrons. The van der Waals surface area contributed by atoms with Crippen LogP contribution in [-0.2, 0) is 0 Å². The second kappa shape index (κ2) is 6.10. The van der Waals surface area contributed by atoms with Crippen molar-refractivity contribution in [2.24, 2.45) is 0 Å². The summed E-state index contributed by atoms with van der Waals surface area (Å²) in [6.07, 6.45) is 0. The summed E-state index contributed by atoms with van der Waals surface area (Å²) >= 11 is 0. The van der Waals surface area contributed by atoms with E-state index >= 15 is 0 Å². The normalized spacial score (nSPS) is 11.9. The van der Waals surface area contributed by atoms with Gasteiger partial charge in [0.15, 0.2) is 0 Å². The third-order valence-corrected chi connectivity index (χ3v) is 2.93. The highest BCUT2D eigenvalue weighted by Gasteiger charge is 2.06. The molecule has 0 fully saturated rings. The summed E-state index contributed by atoms with van der Waals surface area (Å²) in [6, 6.07) is 18.0. The topological polar surface area (TPSA) is 18.5 Å². The molecular weight excluding hydrogens is 224 g/mol. The fraction of sp³-hybridized carbons (Fsp3) is 0.250. The molecule has 18 heavy (non-hydrogen) atoms. The molecule has 1 atom stereocenters. The number of ether oxygens (including phenoxy) is 2. The van der Waals surface area contributed by atoms with E-state index in [4.69, 9.17) is 9.47 Å². The Balaban J connectivity index is 1.93. The number of benzene rings is 2. The number of rotatable bonds is 5. The Morgan fingerprint density at radius 3 is 2.17 bits per heavy atom. The van der Waals surface area contributed by atoms with Crippen molar-refractivity contribution in [3.63, 3.8) is 0 Å². The SMILES string of the molecule is COc1ccc(C(C)COc2ccccc2)cc1. The highest BCUT2D eigenvalue weighted by atomic mass is 16.5. The van der Waals surface area contributed by atoms with Crippen molar-refractivity contribution in [1.29, 1.82) is 0 Å². The van der Waals surface area contributed by atoms with Crippen LogP contribution in [0.25, 0.3) is 0 Å². The molecule has 2 nitrogen and oxygen atoms in total. The summed E-state index contributed by atoms with van der Waals surface area (Å²) in [5.74, 6) is 2.16. The van der Waals surface area contributed by atoms with Gasteiger partial charge in [-0.2, -0.15) is 0 Å². The lowest BCUT2D eigenvalue weighted by Gasteiger charge is -2.14. The molecule has 0 N–H and O–H groups in total. The third kappa shape index (κ3) is 3.27. The summed E-state index contributed by atoms with van der Waals surface area (Å²) in [5, 5.41) is 0. The van der Waals surface area contributed by atoms with E-state index < -0.39 is 0 Å². The van der Waals surface area contributed by atoms with Gasteiger partial charge < -0.3 is 9.47 Å². The van der Waals surface area contributed by atoms with E-state index in [1.807, 2.05) is 42.5 Å². The van der Waals surface area contributed by atoms with Crippen molar-refractivity contribution in [3.05, 3.63) is 60.2 Å². The Kier molecular flexibility index (Phi) is 4.24. The lowest BCUT2D eigenvalue weighted by molar-refractivity contribution is 0.295. The smallest absolute Gasteiger partial charge is 0.119 e. The van der Waals surface area contributed by atoms with Crippen LogP contribution in [0.3, 0.4) is 0 Å². The molecule has 0 heterocycles. The Morgan fingerprint density at radius 2 is 1.56 bits per heavy atom. The standard InChI is InChI=1S/C16H18O2/c1-13(12-18-16-6-4-3-5-7-16)14-8-10-15(17-2)11-9-14/h3-11,13H,12H2,1-2H3. The van der Waals surface area contributed by atoms with Crippen molar-refractivity contribution in [2.75, 3.05) is 13.7 Å². The van der Waals surface area contributed by atoms with Crippen LogP contribution < -0.4 is 9.47 Å². The summed E-state index contributed by atoms with van der Waals surface area (Å²) in [4.78, 5) is 0. The fourth-order valence-electron chi connectivity index (χ4n) is 1.77. The van der Waals surface area contributed by atoms with E-state index in [0.29, 0.717) is 12.5 Å². The van der Waals surface area contributed by atoms with Crippen molar-refractivity contribution >= 4 is 0 Å². The number of methoxy groups -OCH3 is 1. The molecule has 0 amide bonds. The minimum absolute atomic E-state index is 0.358. The third-order valence-electron chi connectivity index (χ3n) is 2.93. The molecule has 0 aliphatic carbocycles. The molecule has 0 aliphatic heterocycles. The monoisotopic (exact) mass is 242 g/mol. The first-order valence-corrected chi connectivity index (χ1v) is 6.11. The second-order valence-electron chi connectivity index (χ2n) is 4.30. The molecule has 0 aromatic heterocycles. The zero-order valence-corrected chi connectivity index (χ0v) is 10.8. The molecule has 0 bridgehead atoms. The predicted octanol–water partition coefficient (Wildman–Crippen LogP) is 3.88. The van der Waals surface area contributed by atoms with Gasteiger partial charge >= 0.3 is 0 Å². The molecule has 2 aromatic rings. The summed E-state index contributed by atoms with van der Waals surface area (Å²) < 4.78 is 10.9. The Labute approximate surface area is 108 Å². The van der Waals surface area contributed by atoms with Crippen molar-refractivity contribution < 1.29 is 9.47 Å². The van der Waals surface area contributed by atoms with Crippen LogP contribution in [0.2, 0.25) is 0 Å². The first kappa shape index (κ1) is 12.5. The van der Waals surface area contributed by atoms with Gasteiger partial charge in [-0.3, -0.25) is 0 Å². The maximum absolute atomic E-state index is 5.75. The first-order chi connectivity index (χ1) is 8.79. The maximum atomic E-state index is 5.75. The van der Waals surface area contributed by atoms with Gasteiger partial charge in [0.25, 0.3) is 0 Å². The van der Waals surface area contributed by atoms with Gasteiger partial charge in [0, 0.05) is 5.92 Å². The molecule has 0 saturated carbocycles. The van der Waals surface area contributed by atoms with E-state index in [9.17, 15) is 0 Å². The molecular formula is C16H18O2. The second-order valence-corrected chi connectivity index (χ2v) is 4.30. The van der Waals surface area contributed by atoms with Gasteiger partial charge in [-0.1, -0.05) is 37.3 Å². The largest absolute Gasteiger partial charge is 0.497 e. The van der Waals surface area contributed by atoms with E-state index in [2.05, 4.69) is 19.1 Å². The Morgan fingerprint density at radius 1 is 0.889 bits per heavy atom. The average Bonchev–Trinajstić information content (AvgIpc) is 2.46. The minimum Gasteiger partial charge on any atom is -0.497 e.